The molecule has 46 heavy (non-hydrogen) atoms. The maximum absolute atomic E-state index is 16.7. The second kappa shape index (κ2) is 12.4. The highest BCUT2D eigenvalue weighted by Gasteiger charge is 2.46. The lowest BCUT2D eigenvalue weighted by Gasteiger charge is -2.24. The number of aromatic hydroxyl groups is 1. The SMILES string of the molecule is C#Cc1c(F)ccc2cc(O)cc(-c3ncc4c(N(CC=C)CC=C)nc(OCC5(CN6CC(C)C(C#N)C6)CC5)nc4c3F)c12. The number of pyridine rings is 1. The number of phenolic OH excluding ortho intramolecular Hbond substituents is 1. The number of phenols is 1. The van der Waals surface area contributed by atoms with Gasteiger partial charge in [0.25, 0.3) is 0 Å². The minimum absolute atomic E-state index is 0.00349. The Kier molecular flexibility index (Phi) is 8.33. The van der Waals surface area contributed by atoms with Gasteiger partial charge in [-0.25, -0.2) is 8.78 Å². The van der Waals surface area contributed by atoms with Crippen LogP contribution in [0.4, 0.5) is 14.6 Å². The number of terminal acetylenes is 1. The summed E-state index contributed by atoms with van der Waals surface area (Å²) < 4.78 is 37.7. The maximum atomic E-state index is 16.7. The van der Waals surface area contributed by atoms with Crippen LogP contribution in [-0.2, 0) is 0 Å². The normalized spacial score (nSPS) is 18.6. The number of likely N-dealkylation sites (tertiary alicyclic amines) is 1. The second-order valence-electron chi connectivity index (χ2n) is 12.3. The average molecular weight is 621 g/mol. The lowest BCUT2D eigenvalue weighted by Crippen LogP contribution is -2.32. The fraction of sp³-hybridized carbons (Fsp3) is 0.333. The van der Waals surface area contributed by atoms with E-state index in [0.717, 1.165) is 32.5 Å². The first-order chi connectivity index (χ1) is 22.2. The first kappa shape index (κ1) is 30.9. The topological polar surface area (TPSA) is 98.4 Å². The van der Waals surface area contributed by atoms with Crippen molar-refractivity contribution < 1.29 is 18.6 Å². The van der Waals surface area contributed by atoms with Gasteiger partial charge in [-0.2, -0.15) is 15.2 Å². The molecule has 234 valence electrons. The summed E-state index contributed by atoms with van der Waals surface area (Å²) in [5.74, 6) is 1.49. The van der Waals surface area contributed by atoms with Crippen molar-refractivity contribution in [3.63, 3.8) is 0 Å². The van der Waals surface area contributed by atoms with Gasteiger partial charge in [0.1, 0.15) is 28.6 Å². The van der Waals surface area contributed by atoms with E-state index in [2.05, 4.69) is 46.9 Å². The van der Waals surface area contributed by atoms with Crippen LogP contribution in [0.3, 0.4) is 0 Å². The first-order valence-electron chi connectivity index (χ1n) is 15.2. The van der Waals surface area contributed by atoms with E-state index in [4.69, 9.17) is 16.1 Å². The molecule has 1 aliphatic carbocycles. The number of benzene rings is 2. The number of anilines is 1. The van der Waals surface area contributed by atoms with Gasteiger partial charge in [-0.3, -0.25) is 4.98 Å². The molecule has 0 amide bonds. The third-order valence-electron chi connectivity index (χ3n) is 8.97. The first-order valence-corrected chi connectivity index (χ1v) is 15.2. The van der Waals surface area contributed by atoms with Crippen LogP contribution in [0, 0.1) is 52.6 Å². The van der Waals surface area contributed by atoms with E-state index >= 15 is 4.39 Å². The number of ether oxygens (including phenoxy) is 1. The number of aromatic nitrogens is 3. The molecular formula is C36H34F2N6O2. The molecule has 2 unspecified atom stereocenters. The van der Waals surface area contributed by atoms with Gasteiger partial charge in [0, 0.05) is 55.3 Å². The van der Waals surface area contributed by atoms with Crippen LogP contribution < -0.4 is 9.64 Å². The van der Waals surface area contributed by atoms with E-state index in [1.165, 1.54) is 30.5 Å². The molecule has 1 saturated carbocycles. The van der Waals surface area contributed by atoms with Crippen molar-refractivity contribution in [2.24, 2.45) is 17.3 Å². The van der Waals surface area contributed by atoms with Gasteiger partial charge in [0.2, 0.25) is 0 Å². The molecule has 0 radical (unpaired) electrons. The molecule has 6 rings (SSSR count). The Morgan fingerprint density at radius 3 is 2.61 bits per heavy atom. The molecule has 2 aromatic heterocycles. The van der Waals surface area contributed by atoms with E-state index in [0.29, 0.717) is 42.2 Å². The van der Waals surface area contributed by atoms with Gasteiger partial charge in [-0.15, -0.1) is 19.6 Å². The van der Waals surface area contributed by atoms with Crippen LogP contribution in [0.25, 0.3) is 32.9 Å². The summed E-state index contributed by atoms with van der Waals surface area (Å²) in [4.78, 5) is 17.8. The van der Waals surface area contributed by atoms with Gasteiger partial charge >= 0.3 is 6.01 Å². The predicted molar refractivity (Wildman–Crippen MR) is 174 cm³/mol. The number of nitrogens with zero attached hydrogens (tertiary/aromatic N) is 6. The van der Waals surface area contributed by atoms with Crippen LogP contribution in [0.5, 0.6) is 11.8 Å². The lowest BCUT2D eigenvalue weighted by molar-refractivity contribution is 0.167. The quantitative estimate of drug-likeness (QED) is 0.156. The molecular weight excluding hydrogens is 586 g/mol. The van der Waals surface area contributed by atoms with Crippen molar-refractivity contribution in [3.8, 4) is 41.4 Å². The molecule has 3 heterocycles. The molecule has 2 fully saturated rings. The largest absolute Gasteiger partial charge is 0.508 e. The van der Waals surface area contributed by atoms with E-state index in [1.54, 1.807) is 12.2 Å². The van der Waals surface area contributed by atoms with Crippen molar-refractivity contribution in [3.05, 3.63) is 73.0 Å². The molecule has 0 bridgehead atoms. The molecule has 4 aromatic rings. The molecule has 1 saturated heterocycles. The van der Waals surface area contributed by atoms with E-state index in [9.17, 15) is 14.8 Å². The van der Waals surface area contributed by atoms with Crippen LogP contribution in [-0.4, -0.2) is 64.3 Å². The number of halogens is 2. The second-order valence-corrected chi connectivity index (χ2v) is 12.3. The van der Waals surface area contributed by atoms with Gasteiger partial charge in [-0.1, -0.05) is 31.1 Å². The zero-order valence-corrected chi connectivity index (χ0v) is 25.6. The molecule has 2 aliphatic rings. The number of fused-ring (bicyclic) bond motifs is 2. The van der Waals surface area contributed by atoms with Gasteiger partial charge < -0.3 is 19.6 Å². The third kappa shape index (κ3) is 5.73. The number of nitriles is 1. The molecule has 1 N–H and O–H groups in total. The van der Waals surface area contributed by atoms with Crippen molar-refractivity contribution in [2.75, 3.05) is 44.2 Å². The lowest BCUT2D eigenvalue weighted by atomic mass is 9.96. The summed E-state index contributed by atoms with van der Waals surface area (Å²) in [5, 5.41) is 21.0. The summed E-state index contributed by atoms with van der Waals surface area (Å²) in [7, 11) is 0. The molecule has 2 atom stereocenters. The summed E-state index contributed by atoms with van der Waals surface area (Å²) in [5.41, 5.74) is -0.228. The van der Waals surface area contributed by atoms with E-state index in [1.807, 2.05) is 4.90 Å². The van der Waals surface area contributed by atoms with Crippen LogP contribution in [0.1, 0.15) is 25.3 Å². The Hall–Kier alpha value is -5.06. The highest BCUT2D eigenvalue weighted by atomic mass is 19.1. The molecule has 10 heteroatoms. The number of hydrogen-bond acceptors (Lipinski definition) is 8. The third-order valence-corrected chi connectivity index (χ3v) is 8.97. The van der Waals surface area contributed by atoms with Crippen molar-refractivity contribution >= 4 is 27.5 Å². The van der Waals surface area contributed by atoms with Gasteiger partial charge in [-0.05, 0) is 42.3 Å². The predicted octanol–water partition coefficient (Wildman–Crippen LogP) is 6.24. The smallest absolute Gasteiger partial charge is 0.319 e. The van der Waals surface area contributed by atoms with E-state index < -0.39 is 11.6 Å². The summed E-state index contributed by atoms with van der Waals surface area (Å²) in [6.45, 7) is 13.3. The average Bonchev–Trinajstić information content (AvgIpc) is 3.71. The maximum Gasteiger partial charge on any atom is 0.319 e. The summed E-state index contributed by atoms with van der Waals surface area (Å²) >= 11 is 0. The van der Waals surface area contributed by atoms with Crippen LogP contribution in [0.15, 0.2) is 55.8 Å². The van der Waals surface area contributed by atoms with Gasteiger partial charge in [0.15, 0.2) is 5.82 Å². The number of rotatable bonds is 11. The fourth-order valence-corrected chi connectivity index (χ4v) is 6.41. The summed E-state index contributed by atoms with van der Waals surface area (Å²) in [6.07, 6.45) is 12.5. The Labute approximate surface area is 266 Å². The Morgan fingerprint density at radius 1 is 1.20 bits per heavy atom. The zero-order valence-electron chi connectivity index (χ0n) is 25.6. The fourth-order valence-electron chi connectivity index (χ4n) is 6.41. The molecule has 0 spiro atoms. The van der Waals surface area contributed by atoms with E-state index in [-0.39, 0.29) is 50.8 Å². The molecule has 8 nitrogen and oxygen atoms in total. The minimum Gasteiger partial charge on any atom is -0.508 e. The monoisotopic (exact) mass is 620 g/mol. The summed E-state index contributed by atoms with van der Waals surface area (Å²) in [6, 6.07) is 7.84. The van der Waals surface area contributed by atoms with Crippen LogP contribution >= 0.6 is 0 Å². The minimum atomic E-state index is -0.794. The Morgan fingerprint density at radius 2 is 1.96 bits per heavy atom. The highest BCUT2D eigenvalue weighted by Crippen LogP contribution is 2.47. The van der Waals surface area contributed by atoms with Crippen molar-refractivity contribution in [1.29, 1.82) is 5.26 Å². The molecule has 2 aromatic carbocycles. The van der Waals surface area contributed by atoms with Crippen LogP contribution in [0.2, 0.25) is 0 Å². The highest BCUT2D eigenvalue weighted by molar-refractivity contribution is 6.03. The zero-order chi connectivity index (χ0) is 32.6. The standard InChI is InChI=1S/C36H34F2N6O2/c1-5-12-44(13-6-2)34-28-17-40-32(27-15-25(45)14-23-8-9-29(37)26(7-3)30(23)27)31(38)33(28)41-35(42-34)46-21-36(10-11-36)20-43-18-22(4)24(16-39)19-43/h3,5-6,8-9,14-15,17,22,24,45H,1-2,10-13,18-21H2,4H3. The molecule has 1 aliphatic heterocycles. The van der Waals surface area contributed by atoms with Gasteiger partial charge in [0.05, 0.1) is 29.5 Å². The van der Waals surface area contributed by atoms with Crippen molar-refractivity contribution in [1.82, 2.24) is 19.9 Å². The van der Waals surface area contributed by atoms with Crippen molar-refractivity contribution in [2.45, 2.75) is 19.8 Å². The Bertz CT molecular complexity index is 1930. The Balaban J connectivity index is 1.43. The number of hydrogen-bond donors (Lipinski definition) is 1.